The lowest BCUT2D eigenvalue weighted by molar-refractivity contribution is 0.264. The number of hydrogen-bond acceptors (Lipinski definition) is 6. The summed E-state index contributed by atoms with van der Waals surface area (Å²) in [6.45, 7) is 3.44. The van der Waals surface area contributed by atoms with Crippen LogP contribution in [0.25, 0.3) is 21.9 Å². The van der Waals surface area contributed by atoms with E-state index in [0.29, 0.717) is 12.6 Å². The summed E-state index contributed by atoms with van der Waals surface area (Å²) in [6, 6.07) is 8.72. The van der Waals surface area contributed by atoms with Crippen LogP contribution in [-0.2, 0) is 7.05 Å². The van der Waals surface area contributed by atoms with E-state index in [1.165, 1.54) is 0 Å². The Bertz CT molecular complexity index is 1410. The molecule has 6 bridgehead atoms. The quantitative estimate of drug-likeness (QED) is 0.429. The Morgan fingerprint density at radius 3 is 2.79 bits per heavy atom. The Morgan fingerprint density at radius 1 is 1.09 bits per heavy atom. The summed E-state index contributed by atoms with van der Waals surface area (Å²) in [5.41, 5.74) is 4.74. The Kier molecular flexibility index (Phi) is 4.83. The van der Waals surface area contributed by atoms with Crippen molar-refractivity contribution in [3.05, 3.63) is 52.7 Å². The van der Waals surface area contributed by atoms with Gasteiger partial charge in [-0.05, 0) is 56.4 Å². The van der Waals surface area contributed by atoms with Gasteiger partial charge in [-0.3, -0.25) is 14.1 Å². The van der Waals surface area contributed by atoms with E-state index in [1.54, 1.807) is 17.0 Å². The number of aromatic nitrogens is 4. The first-order valence-corrected chi connectivity index (χ1v) is 11.7. The predicted octanol–water partition coefficient (Wildman–Crippen LogP) is 3.80. The lowest BCUT2D eigenvalue weighted by Gasteiger charge is -2.30. The fourth-order valence-electron chi connectivity index (χ4n) is 5.31. The van der Waals surface area contributed by atoms with Crippen LogP contribution in [0.1, 0.15) is 37.3 Å². The third kappa shape index (κ3) is 3.45. The molecule has 2 N–H and O–H groups in total. The molecule has 0 amide bonds. The highest BCUT2D eigenvalue weighted by atomic mass is 16.5. The Labute approximate surface area is 191 Å². The molecule has 8 nitrogen and oxygen atoms in total. The zero-order valence-electron chi connectivity index (χ0n) is 19.0. The number of ether oxygens (including phenoxy) is 1. The van der Waals surface area contributed by atoms with Crippen molar-refractivity contribution < 1.29 is 4.74 Å². The van der Waals surface area contributed by atoms with E-state index in [-0.39, 0.29) is 11.7 Å². The summed E-state index contributed by atoms with van der Waals surface area (Å²) in [6.07, 6.45) is 7.64. The normalized spacial score (nSPS) is 20.8. The van der Waals surface area contributed by atoms with Crippen molar-refractivity contribution >= 4 is 33.4 Å². The summed E-state index contributed by atoms with van der Waals surface area (Å²) in [5.74, 6) is 1.55. The molecule has 0 spiro atoms. The molecule has 3 aromatic heterocycles. The topological polar surface area (TPSA) is 86.0 Å². The number of nitrogens with one attached hydrogen (secondary N) is 2. The van der Waals surface area contributed by atoms with Gasteiger partial charge in [-0.15, -0.1) is 0 Å². The predicted molar refractivity (Wildman–Crippen MR) is 130 cm³/mol. The number of imidazole rings is 1. The molecular formula is C25H28N6O2. The molecule has 0 saturated heterocycles. The maximum absolute atomic E-state index is 13.2. The van der Waals surface area contributed by atoms with E-state index in [9.17, 15) is 4.79 Å². The Balaban J connectivity index is 1.51. The standard InChI is InChI=1S/C25H28N6O2/c1-15-11-20-18-12-19(15)29-24-13-21-22(14-28-24)30(2)25(32)31(21)17-5-3-16(4-6-17)26-9-10-33-23(18)7-8-27-20/h7-8,11-14,16-17,26H,3-6,9-10H2,1-2H3,(H,28,29). The fourth-order valence-corrected chi connectivity index (χ4v) is 5.31. The average Bonchev–Trinajstić information content (AvgIpc) is 3.07. The van der Waals surface area contributed by atoms with Gasteiger partial charge in [-0.25, -0.2) is 9.78 Å². The van der Waals surface area contributed by atoms with Crippen molar-refractivity contribution in [3.63, 3.8) is 0 Å². The van der Waals surface area contributed by atoms with Gasteiger partial charge in [-0.1, -0.05) is 0 Å². The van der Waals surface area contributed by atoms with Crippen LogP contribution in [0, 0.1) is 6.92 Å². The van der Waals surface area contributed by atoms with Crippen LogP contribution in [0.2, 0.25) is 0 Å². The van der Waals surface area contributed by atoms with E-state index in [2.05, 4.69) is 39.7 Å². The fraction of sp³-hybridized carbons (Fsp3) is 0.400. The van der Waals surface area contributed by atoms with Gasteiger partial charge in [0, 0.05) is 49.0 Å². The number of anilines is 2. The van der Waals surface area contributed by atoms with Gasteiger partial charge in [0.25, 0.3) is 0 Å². The SMILES string of the molecule is Cc1cc2nccc3c2cc1Nc1cc2c(cn1)n(C)c(=O)n2C1CCC(CC1)NCCO3. The van der Waals surface area contributed by atoms with Crippen molar-refractivity contribution in [1.82, 2.24) is 24.4 Å². The Hall–Kier alpha value is -3.39. The van der Waals surface area contributed by atoms with Gasteiger partial charge < -0.3 is 15.4 Å². The van der Waals surface area contributed by atoms with Crippen LogP contribution in [0.15, 0.2) is 41.5 Å². The zero-order chi connectivity index (χ0) is 22.5. The number of hydrogen-bond donors (Lipinski definition) is 2. The van der Waals surface area contributed by atoms with Crippen molar-refractivity contribution in [1.29, 1.82) is 0 Å². The van der Waals surface area contributed by atoms with E-state index < -0.39 is 0 Å². The number of pyridine rings is 2. The van der Waals surface area contributed by atoms with Crippen LogP contribution in [0.4, 0.5) is 11.5 Å². The largest absolute Gasteiger partial charge is 0.491 e. The van der Waals surface area contributed by atoms with E-state index in [0.717, 1.165) is 77.0 Å². The second-order valence-corrected chi connectivity index (χ2v) is 9.20. The van der Waals surface area contributed by atoms with Gasteiger partial charge in [0.15, 0.2) is 0 Å². The first-order chi connectivity index (χ1) is 16.1. The summed E-state index contributed by atoms with van der Waals surface area (Å²) >= 11 is 0. The molecule has 1 aromatic carbocycles. The molecule has 1 saturated carbocycles. The van der Waals surface area contributed by atoms with Gasteiger partial charge in [0.1, 0.15) is 18.2 Å². The summed E-state index contributed by atoms with van der Waals surface area (Å²) in [7, 11) is 1.83. The monoisotopic (exact) mass is 444 g/mol. The number of nitrogens with zero attached hydrogens (tertiary/aromatic N) is 4. The van der Waals surface area contributed by atoms with E-state index >= 15 is 0 Å². The lowest BCUT2D eigenvalue weighted by atomic mass is 9.91. The lowest BCUT2D eigenvalue weighted by Crippen LogP contribution is -2.37. The molecule has 1 aliphatic carbocycles. The third-order valence-electron chi connectivity index (χ3n) is 7.14. The molecule has 7 rings (SSSR count). The van der Waals surface area contributed by atoms with Gasteiger partial charge in [0.2, 0.25) is 0 Å². The highest BCUT2D eigenvalue weighted by Crippen LogP contribution is 2.33. The van der Waals surface area contributed by atoms with Gasteiger partial charge in [0.05, 0.1) is 22.7 Å². The number of benzene rings is 1. The van der Waals surface area contributed by atoms with Crippen molar-refractivity contribution in [2.45, 2.75) is 44.7 Å². The summed E-state index contributed by atoms with van der Waals surface area (Å²) in [5, 5.41) is 8.09. The molecule has 0 unspecified atom stereocenters. The summed E-state index contributed by atoms with van der Waals surface area (Å²) < 4.78 is 9.84. The minimum Gasteiger partial charge on any atom is -0.491 e. The number of aryl methyl sites for hydroxylation is 2. The minimum absolute atomic E-state index is 0.0317. The average molecular weight is 445 g/mol. The first kappa shape index (κ1) is 20.2. The molecule has 33 heavy (non-hydrogen) atoms. The van der Waals surface area contributed by atoms with E-state index in [4.69, 9.17) is 4.74 Å². The van der Waals surface area contributed by atoms with Gasteiger partial charge in [-0.2, -0.15) is 0 Å². The number of fused-ring (bicyclic) bond motifs is 5. The molecule has 170 valence electrons. The molecule has 3 aliphatic rings. The van der Waals surface area contributed by atoms with E-state index in [1.807, 2.05) is 23.7 Å². The van der Waals surface area contributed by atoms with Crippen molar-refractivity contribution in [3.8, 4) is 5.75 Å². The van der Waals surface area contributed by atoms with Crippen LogP contribution in [-0.4, -0.2) is 38.3 Å². The molecule has 4 aromatic rings. The maximum atomic E-state index is 13.2. The second kappa shape index (κ2) is 7.88. The highest BCUT2D eigenvalue weighted by Gasteiger charge is 2.26. The van der Waals surface area contributed by atoms with Crippen LogP contribution < -0.4 is 21.1 Å². The molecule has 0 atom stereocenters. The zero-order valence-corrected chi connectivity index (χ0v) is 19.0. The molecule has 0 radical (unpaired) electrons. The van der Waals surface area contributed by atoms with Crippen molar-refractivity contribution in [2.75, 3.05) is 18.5 Å². The maximum Gasteiger partial charge on any atom is 0.329 e. The first-order valence-electron chi connectivity index (χ1n) is 11.7. The minimum atomic E-state index is 0.0317. The molecule has 5 heterocycles. The molecule has 2 aliphatic heterocycles. The van der Waals surface area contributed by atoms with Crippen LogP contribution in [0.5, 0.6) is 5.75 Å². The molecular weight excluding hydrogens is 416 g/mol. The Morgan fingerprint density at radius 2 is 1.94 bits per heavy atom. The van der Waals surface area contributed by atoms with Crippen LogP contribution >= 0.6 is 0 Å². The smallest absolute Gasteiger partial charge is 0.329 e. The molecule has 8 heteroatoms. The van der Waals surface area contributed by atoms with Gasteiger partial charge >= 0.3 is 5.69 Å². The molecule has 1 fully saturated rings. The number of rotatable bonds is 0. The van der Waals surface area contributed by atoms with Crippen LogP contribution in [0.3, 0.4) is 0 Å². The second-order valence-electron chi connectivity index (χ2n) is 9.20. The highest BCUT2D eigenvalue weighted by molar-refractivity contribution is 5.90. The third-order valence-corrected chi connectivity index (χ3v) is 7.14. The van der Waals surface area contributed by atoms with Crippen molar-refractivity contribution in [2.24, 2.45) is 7.05 Å². The summed E-state index contributed by atoms with van der Waals surface area (Å²) in [4.78, 5) is 22.3.